The van der Waals surface area contributed by atoms with Crippen LogP contribution in [0, 0.1) is 5.92 Å². The fraction of sp³-hybridized carbons (Fsp3) is 0.423. The largest absolute Gasteiger partial charge is 0.455 e. The molecule has 2 N–H and O–H groups in total. The van der Waals surface area contributed by atoms with Gasteiger partial charge in [-0.15, -0.1) is 0 Å². The number of amides is 2. The van der Waals surface area contributed by atoms with E-state index in [0.717, 1.165) is 37.7 Å². The Bertz CT molecular complexity index is 922. The van der Waals surface area contributed by atoms with Crippen LogP contribution in [0.3, 0.4) is 0 Å². The molecule has 32 heavy (non-hydrogen) atoms. The number of carbonyl (C=O) groups excluding carboxylic acids is 3. The second-order valence-corrected chi connectivity index (χ2v) is 8.43. The smallest absolute Gasteiger partial charge is 0.314 e. The standard InChI is InChI=1S/C26H32N2O4/c1-3-18(2)24(19-11-5-4-6-12-19)26(31)32-17-23(29)28-22-16-10-9-15-21(22)25(30)27-20-13-7-8-14-20/h4-6,9-12,15-16,18,20,24H,3,7-8,13-14,17H2,1-2H3,(H,27,30)(H,28,29)/t18-,24+/m1/s1. The Morgan fingerprint density at radius 3 is 2.34 bits per heavy atom. The lowest BCUT2D eigenvalue weighted by molar-refractivity contribution is -0.150. The average Bonchev–Trinajstić information content (AvgIpc) is 3.31. The van der Waals surface area contributed by atoms with Gasteiger partial charge in [-0.05, 0) is 36.5 Å². The molecule has 2 aromatic carbocycles. The van der Waals surface area contributed by atoms with E-state index >= 15 is 0 Å². The maximum Gasteiger partial charge on any atom is 0.314 e. The average molecular weight is 437 g/mol. The Hall–Kier alpha value is -3.15. The molecular weight excluding hydrogens is 404 g/mol. The third-order valence-electron chi connectivity index (χ3n) is 6.11. The highest BCUT2D eigenvalue weighted by molar-refractivity contribution is 6.04. The van der Waals surface area contributed by atoms with Crippen LogP contribution in [-0.2, 0) is 14.3 Å². The molecule has 1 fully saturated rings. The Balaban J connectivity index is 1.61. The summed E-state index contributed by atoms with van der Waals surface area (Å²) < 4.78 is 5.37. The van der Waals surface area contributed by atoms with E-state index in [1.165, 1.54) is 0 Å². The topological polar surface area (TPSA) is 84.5 Å². The number of benzene rings is 2. The van der Waals surface area contributed by atoms with Crippen LogP contribution in [0.1, 0.15) is 67.8 Å². The van der Waals surface area contributed by atoms with Gasteiger partial charge in [-0.25, -0.2) is 0 Å². The summed E-state index contributed by atoms with van der Waals surface area (Å²) in [4.78, 5) is 38.0. The molecular formula is C26H32N2O4. The number of hydrogen-bond donors (Lipinski definition) is 2. The molecule has 2 amide bonds. The Labute approximate surface area is 189 Å². The number of carbonyl (C=O) groups is 3. The lowest BCUT2D eigenvalue weighted by atomic mass is 9.86. The molecule has 0 unspecified atom stereocenters. The van der Waals surface area contributed by atoms with Crippen molar-refractivity contribution >= 4 is 23.5 Å². The monoisotopic (exact) mass is 436 g/mol. The summed E-state index contributed by atoms with van der Waals surface area (Å²) in [5.74, 6) is -1.46. The van der Waals surface area contributed by atoms with Crippen molar-refractivity contribution in [3.63, 3.8) is 0 Å². The first kappa shape index (κ1) is 23.5. The summed E-state index contributed by atoms with van der Waals surface area (Å²) in [5, 5.41) is 5.75. The molecule has 0 bridgehead atoms. The highest BCUT2D eigenvalue weighted by atomic mass is 16.5. The van der Waals surface area contributed by atoms with Crippen molar-refractivity contribution in [2.45, 2.75) is 57.9 Å². The van der Waals surface area contributed by atoms with Gasteiger partial charge >= 0.3 is 5.97 Å². The molecule has 2 aromatic rings. The maximum atomic E-state index is 12.8. The first-order valence-corrected chi connectivity index (χ1v) is 11.4. The Kier molecular flexibility index (Phi) is 8.42. The minimum absolute atomic E-state index is 0.0768. The minimum atomic E-state index is -0.476. The van der Waals surface area contributed by atoms with Crippen LogP contribution in [-0.4, -0.2) is 30.4 Å². The lowest BCUT2D eigenvalue weighted by Gasteiger charge is -2.22. The highest BCUT2D eigenvalue weighted by Gasteiger charge is 2.28. The first-order valence-electron chi connectivity index (χ1n) is 11.4. The highest BCUT2D eigenvalue weighted by Crippen LogP contribution is 2.28. The normalized spacial score (nSPS) is 15.6. The first-order chi connectivity index (χ1) is 15.5. The number of anilines is 1. The number of nitrogens with one attached hydrogen (secondary N) is 2. The number of hydrogen-bond acceptors (Lipinski definition) is 4. The Morgan fingerprint density at radius 1 is 1.00 bits per heavy atom. The van der Waals surface area contributed by atoms with Gasteiger partial charge in [0, 0.05) is 6.04 Å². The SMILES string of the molecule is CC[C@@H](C)[C@H](C(=O)OCC(=O)Nc1ccccc1C(=O)NC1CCCC1)c1ccccc1. The fourth-order valence-electron chi connectivity index (χ4n) is 4.13. The van der Waals surface area contributed by atoms with Crippen molar-refractivity contribution in [3.05, 3.63) is 65.7 Å². The molecule has 2 atom stereocenters. The molecule has 0 radical (unpaired) electrons. The maximum absolute atomic E-state index is 12.8. The van der Waals surface area contributed by atoms with Gasteiger partial charge in [0.15, 0.2) is 6.61 Å². The number of rotatable bonds is 9. The summed E-state index contributed by atoms with van der Waals surface area (Å²) in [6, 6.07) is 16.5. The molecule has 0 saturated heterocycles. The molecule has 1 aliphatic rings. The van der Waals surface area contributed by atoms with Crippen LogP contribution in [0.25, 0.3) is 0 Å². The van der Waals surface area contributed by atoms with E-state index in [-0.39, 0.29) is 17.9 Å². The second kappa shape index (κ2) is 11.5. The molecule has 0 aliphatic heterocycles. The van der Waals surface area contributed by atoms with E-state index in [2.05, 4.69) is 10.6 Å². The zero-order chi connectivity index (χ0) is 22.9. The van der Waals surface area contributed by atoms with Crippen LogP contribution in [0.2, 0.25) is 0 Å². The van der Waals surface area contributed by atoms with Crippen molar-refractivity contribution in [1.82, 2.24) is 5.32 Å². The zero-order valence-corrected chi connectivity index (χ0v) is 18.8. The predicted molar refractivity (Wildman–Crippen MR) is 124 cm³/mol. The number of para-hydroxylation sites is 1. The van der Waals surface area contributed by atoms with Crippen molar-refractivity contribution in [2.75, 3.05) is 11.9 Å². The van der Waals surface area contributed by atoms with Gasteiger partial charge in [-0.1, -0.05) is 75.6 Å². The van der Waals surface area contributed by atoms with Gasteiger partial charge in [0.25, 0.3) is 11.8 Å². The molecule has 1 aliphatic carbocycles. The summed E-state index contributed by atoms with van der Waals surface area (Å²) >= 11 is 0. The van der Waals surface area contributed by atoms with E-state index in [9.17, 15) is 14.4 Å². The van der Waals surface area contributed by atoms with Gasteiger partial charge in [-0.3, -0.25) is 14.4 Å². The summed E-state index contributed by atoms with van der Waals surface area (Å²) in [6.45, 7) is 3.61. The predicted octanol–water partition coefficient (Wildman–Crippen LogP) is 4.67. The summed E-state index contributed by atoms with van der Waals surface area (Å²) in [5.41, 5.74) is 1.69. The lowest BCUT2D eigenvalue weighted by Crippen LogP contribution is -2.33. The van der Waals surface area contributed by atoms with Gasteiger partial charge < -0.3 is 15.4 Å². The van der Waals surface area contributed by atoms with Gasteiger partial charge in [0.05, 0.1) is 17.2 Å². The van der Waals surface area contributed by atoms with Crippen LogP contribution < -0.4 is 10.6 Å². The van der Waals surface area contributed by atoms with Gasteiger partial charge in [0.1, 0.15) is 0 Å². The van der Waals surface area contributed by atoms with E-state index < -0.39 is 24.4 Å². The number of esters is 1. The van der Waals surface area contributed by atoms with Crippen molar-refractivity contribution in [2.24, 2.45) is 5.92 Å². The van der Waals surface area contributed by atoms with Gasteiger partial charge in [0.2, 0.25) is 0 Å². The van der Waals surface area contributed by atoms with Crippen molar-refractivity contribution < 1.29 is 19.1 Å². The summed E-state index contributed by atoms with van der Waals surface area (Å²) in [7, 11) is 0. The number of ether oxygens (including phenoxy) is 1. The fourth-order valence-corrected chi connectivity index (χ4v) is 4.13. The van der Waals surface area contributed by atoms with E-state index in [1.807, 2.05) is 44.2 Å². The molecule has 170 valence electrons. The van der Waals surface area contributed by atoms with E-state index in [1.54, 1.807) is 24.3 Å². The van der Waals surface area contributed by atoms with Crippen LogP contribution in [0.5, 0.6) is 0 Å². The zero-order valence-electron chi connectivity index (χ0n) is 18.8. The molecule has 6 nitrogen and oxygen atoms in total. The minimum Gasteiger partial charge on any atom is -0.455 e. The van der Waals surface area contributed by atoms with E-state index in [0.29, 0.717) is 11.3 Å². The molecule has 6 heteroatoms. The summed E-state index contributed by atoms with van der Waals surface area (Å²) in [6.07, 6.45) is 5.01. The molecule has 0 heterocycles. The van der Waals surface area contributed by atoms with Gasteiger partial charge in [-0.2, -0.15) is 0 Å². The molecule has 1 saturated carbocycles. The third-order valence-corrected chi connectivity index (χ3v) is 6.11. The molecule has 0 aromatic heterocycles. The van der Waals surface area contributed by atoms with Crippen LogP contribution in [0.4, 0.5) is 5.69 Å². The van der Waals surface area contributed by atoms with Crippen LogP contribution in [0.15, 0.2) is 54.6 Å². The quantitative estimate of drug-likeness (QED) is 0.560. The van der Waals surface area contributed by atoms with Crippen molar-refractivity contribution in [3.8, 4) is 0 Å². The van der Waals surface area contributed by atoms with Crippen LogP contribution >= 0.6 is 0 Å². The van der Waals surface area contributed by atoms with Crippen molar-refractivity contribution in [1.29, 1.82) is 0 Å². The van der Waals surface area contributed by atoms with E-state index in [4.69, 9.17) is 4.74 Å². The second-order valence-electron chi connectivity index (χ2n) is 8.43. The Morgan fingerprint density at radius 2 is 1.66 bits per heavy atom. The molecule has 3 rings (SSSR count). The third kappa shape index (κ3) is 6.19. The molecule has 0 spiro atoms.